The quantitative estimate of drug-likeness (QED) is 0.349. The minimum Gasteiger partial charge on any atom is -0.395 e. The zero-order valence-electron chi connectivity index (χ0n) is 17.5. The maximum atomic E-state index is 14.1. The van der Waals surface area contributed by atoms with Gasteiger partial charge in [0.2, 0.25) is 0 Å². The molecule has 0 aliphatic carbocycles. The number of halogens is 4. The number of hydrogen-bond acceptors (Lipinski definition) is 7. The Labute approximate surface area is 194 Å². The second-order valence-corrected chi connectivity index (χ2v) is 7.63. The summed E-state index contributed by atoms with van der Waals surface area (Å²) in [5.74, 6) is -2.08. The Bertz CT molecular complexity index is 1540. The number of aromatic nitrogens is 6. The number of ether oxygens (including phenoxy) is 2. The Balaban J connectivity index is 1.22. The summed E-state index contributed by atoms with van der Waals surface area (Å²) >= 11 is 0. The molecule has 12 heteroatoms. The smallest absolute Gasteiger partial charge is 0.395 e. The Morgan fingerprint density at radius 1 is 0.857 bits per heavy atom. The van der Waals surface area contributed by atoms with Crippen molar-refractivity contribution in [2.45, 2.75) is 12.8 Å². The first-order valence-corrected chi connectivity index (χ1v) is 10.2. The molecule has 0 bridgehead atoms. The number of hydrogen-bond donors (Lipinski definition) is 0. The first kappa shape index (κ1) is 21.0. The standard InChI is InChI=1S/C23H12F4N6O2/c24-15-3-1-2-14(21(15)25)22-29-17-9-28-33(11-18(17)30-22)10-13-5-6-16(32-31-13)12-4-7-19-20(8-12)35-23(26,27)34-19/h1-9,11H,10H2. The highest BCUT2D eigenvalue weighted by Gasteiger charge is 2.43. The van der Waals surface area contributed by atoms with Gasteiger partial charge in [0.1, 0.15) is 11.4 Å². The lowest BCUT2D eigenvalue weighted by atomic mass is 10.1. The van der Waals surface area contributed by atoms with E-state index in [4.69, 9.17) is 0 Å². The van der Waals surface area contributed by atoms with Crippen LogP contribution in [-0.2, 0) is 6.54 Å². The Morgan fingerprint density at radius 2 is 1.69 bits per heavy atom. The fraction of sp³-hybridized carbons (Fsp3) is 0.0870. The molecule has 8 nitrogen and oxygen atoms in total. The highest BCUT2D eigenvalue weighted by Crippen LogP contribution is 2.42. The largest absolute Gasteiger partial charge is 0.586 e. The molecule has 2 aromatic carbocycles. The van der Waals surface area contributed by atoms with Crippen LogP contribution in [0.1, 0.15) is 5.69 Å². The summed E-state index contributed by atoms with van der Waals surface area (Å²) in [5, 5.41) is 12.6. The zero-order chi connectivity index (χ0) is 24.2. The van der Waals surface area contributed by atoms with E-state index in [0.717, 1.165) is 6.07 Å². The van der Waals surface area contributed by atoms with Crippen molar-refractivity contribution in [2.75, 3.05) is 0 Å². The van der Waals surface area contributed by atoms with Crippen molar-refractivity contribution in [3.05, 3.63) is 78.3 Å². The van der Waals surface area contributed by atoms with Gasteiger partial charge in [0.05, 0.1) is 35.9 Å². The molecule has 174 valence electrons. The third kappa shape index (κ3) is 3.88. The third-order valence-corrected chi connectivity index (χ3v) is 5.25. The van der Waals surface area contributed by atoms with Crippen molar-refractivity contribution in [1.29, 1.82) is 0 Å². The van der Waals surface area contributed by atoms with Gasteiger partial charge in [0.15, 0.2) is 29.0 Å². The average molecular weight is 480 g/mol. The molecule has 0 saturated heterocycles. The zero-order valence-corrected chi connectivity index (χ0v) is 17.5. The van der Waals surface area contributed by atoms with Crippen LogP contribution >= 0.6 is 0 Å². The molecule has 35 heavy (non-hydrogen) atoms. The van der Waals surface area contributed by atoms with Gasteiger partial charge < -0.3 is 9.47 Å². The maximum Gasteiger partial charge on any atom is 0.586 e. The number of alkyl halides is 2. The van der Waals surface area contributed by atoms with Crippen LogP contribution in [0.2, 0.25) is 0 Å². The van der Waals surface area contributed by atoms with E-state index < -0.39 is 17.9 Å². The van der Waals surface area contributed by atoms with E-state index >= 15 is 0 Å². The Hall–Kier alpha value is -4.61. The van der Waals surface area contributed by atoms with Crippen LogP contribution in [0.25, 0.3) is 34.0 Å². The van der Waals surface area contributed by atoms with Crippen LogP contribution in [0.15, 0.2) is 60.9 Å². The van der Waals surface area contributed by atoms with Gasteiger partial charge in [-0.1, -0.05) is 6.07 Å². The first-order valence-electron chi connectivity index (χ1n) is 10.2. The molecule has 0 saturated carbocycles. The van der Waals surface area contributed by atoms with Gasteiger partial charge in [-0.15, -0.1) is 8.78 Å². The van der Waals surface area contributed by atoms with Gasteiger partial charge in [0, 0.05) is 5.56 Å². The van der Waals surface area contributed by atoms with Crippen molar-refractivity contribution in [3.8, 4) is 45.5 Å². The molecule has 3 aliphatic heterocycles. The van der Waals surface area contributed by atoms with E-state index in [1.807, 2.05) is 0 Å². The molecule has 4 heterocycles. The molecule has 0 amide bonds. The fourth-order valence-electron chi connectivity index (χ4n) is 3.62. The molecule has 1 aromatic heterocycles. The Kier molecular flexibility index (Phi) is 4.62. The van der Waals surface area contributed by atoms with E-state index in [9.17, 15) is 17.6 Å². The number of nitrogens with zero attached hydrogens (tertiary/aromatic N) is 6. The van der Waals surface area contributed by atoms with Crippen LogP contribution < -0.4 is 9.47 Å². The summed E-state index contributed by atoms with van der Waals surface area (Å²) < 4.78 is 64.5. The second-order valence-electron chi connectivity index (χ2n) is 7.63. The minimum absolute atomic E-state index is 0.0403. The fourth-order valence-corrected chi connectivity index (χ4v) is 3.62. The SMILES string of the molecule is Fc1cccc(-c2nc3cnn(Cc4ccc(-c5ccc6c(c5)OC(F)(F)O6)nn4)cc-3n2)c1F. The highest BCUT2D eigenvalue weighted by molar-refractivity contribution is 5.66. The molecule has 0 fully saturated rings. The van der Waals surface area contributed by atoms with Crippen LogP contribution in [0.3, 0.4) is 0 Å². The number of benzene rings is 2. The highest BCUT2D eigenvalue weighted by atomic mass is 19.3. The molecule has 6 rings (SSSR count). The lowest BCUT2D eigenvalue weighted by molar-refractivity contribution is -0.286. The summed E-state index contributed by atoms with van der Waals surface area (Å²) in [6.45, 7) is 0.243. The van der Waals surface area contributed by atoms with Crippen molar-refractivity contribution >= 4 is 0 Å². The second kappa shape index (κ2) is 7.72. The third-order valence-electron chi connectivity index (χ3n) is 5.25. The van der Waals surface area contributed by atoms with E-state index in [1.54, 1.807) is 29.1 Å². The van der Waals surface area contributed by atoms with Crippen LogP contribution in [0.5, 0.6) is 11.5 Å². The lowest BCUT2D eigenvalue weighted by Gasteiger charge is -2.07. The van der Waals surface area contributed by atoms with Gasteiger partial charge in [0.25, 0.3) is 0 Å². The van der Waals surface area contributed by atoms with Gasteiger partial charge in [-0.25, -0.2) is 18.7 Å². The van der Waals surface area contributed by atoms with E-state index in [1.165, 1.54) is 30.5 Å². The molecule has 0 radical (unpaired) electrons. The predicted molar refractivity (Wildman–Crippen MR) is 113 cm³/mol. The molecular formula is C23H12F4N6O2. The summed E-state index contributed by atoms with van der Waals surface area (Å²) in [4.78, 5) is 8.51. The molecule has 0 spiro atoms. The van der Waals surface area contributed by atoms with Crippen molar-refractivity contribution in [1.82, 2.24) is 29.9 Å². The minimum atomic E-state index is -3.69. The summed E-state index contributed by atoms with van der Waals surface area (Å²) in [5.41, 5.74) is 2.37. The monoisotopic (exact) mass is 480 g/mol. The van der Waals surface area contributed by atoms with E-state index in [-0.39, 0.29) is 29.4 Å². The topological polar surface area (TPSA) is 87.8 Å². The van der Waals surface area contributed by atoms with Crippen LogP contribution in [0.4, 0.5) is 17.6 Å². The molecule has 0 N–H and O–H groups in total. The lowest BCUT2D eigenvalue weighted by Crippen LogP contribution is -2.25. The normalized spacial score (nSPS) is 13.9. The summed E-state index contributed by atoms with van der Waals surface area (Å²) in [6.07, 6.45) is -0.621. The molecule has 0 atom stereocenters. The first-order chi connectivity index (χ1) is 16.8. The van der Waals surface area contributed by atoms with E-state index in [0.29, 0.717) is 28.3 Å². The van der Waals surface area contributed by atoms with Crippen LogP contribution in [0, 0.1) is 11.6 Å². The van der Waals surface area contributed by atoms with Crippen molar-refractivity contribution in [2.24, 2.45) is 0 Å². The van der Waals surface area contributed by atoms with E-state index in [2.05, 4.69) is 34.7 Å². The van der Waals surface area contributed by atoms with Gasteiger partial charge in [-0.05, 0) is 42.5 Å². The summed E-state index contributed by atoms with van der Waals surface area (Å²) in [7, 11) is 0. The summed E-state index contributed by atoms with van der Waals surface area (Å²) in [6, 6.07) is 11.6. The predicted octanol–water partition coefficient (Wildman–Crippen LogP) is 4.55. The number of imidazole rings is 1. The molecule has 3 aromatic rings. The van der Waals surface area contributed by atoms with Gasteiger partial charge in [-0.3, -0.25) is 4.68 Å². The average Bonchev–Trinajstić information content (AvgIpc) is 3.39. The maximum absolute atomic E-state index is 14.1. The number of fused-ring (bicyclic) bond motifs is 2. The Morgan fingerprint density at radius 3 is 2.51 bits per heavy atom. The van der Waals surface area contributed by atoms with Crippen molar-refractivity contribution < 1.29 is 27.0 Å². The van der Waals surface area contributed by atoms with Gasteiger partial charge in [-0.2, -0.15) is 15.3 Å². The van der Waals surface area contributed by atoms with Gasteiger partial charge >= 0.3 is 6.29 Å². The molecule has 3 aliphatic rings. The number of rotatable bonds is 4. The van der Waals surface area contributed by atoms with Crippen LogP contribution in [-0.4, -0.2) is 36.2 Å². The molecular weight excluding hydrogens is 468 g/mol. The molecule has 0 unspecified atom stereocenters. The van der Waals surface area contributed by atoms with Crippen molar-refractivity contribution in [3.63, 3.8) is 0 Å².